The molecule has 2 rings (SSSR count). The van der Waals surface area contributed by atoms with Gasteiger partial charge in [0.1, 0.15) is 5.75 Å². The number of ether oxygens (including phenoxy) is 5. The molecule has 3 atom stereocenters. The van der Waals surface area contributed by atoms with Gasteiger partial charge in [0.2, 0.25) is 0 Å². The lowest BCUT2D eigenvalue weighted by Crippen LogP contribution is -2.41. The van der Waals surface area contributed by atoms with Crippen molar-refractivity contribution in [2.24, 2.45) is 22.7 Å². The van der Waals surface area contributed by atoms with Gasteiger partial charge in [-0.2, -0.15) is 0 Å². The zero-order valence-corrected chi connectivity index (χ0v) is 25.0. The predicted molar refractivity (Wildman–Crippen MR) is 153 cm³/mol. The molecule has 0 aliphatic heterocycles. The van der Waals surface area contributed by atoms with Crippen LogP contribution in [0.15, 0.2) is 54.6 Å². The Labute approximate surface area is 238 Å². The van der Waals surface area contributed by atoms with E-state index in [4.69, 9.17) is 23.7 Å². The van der Waals surface area contributed by atoms with Crippen molar-refractivity contribution in [1.29, 1.82) is 0 Å². The Morgan fingerprint density at radius 3 is 1.50 bits per heavy atom. The number of methoxy groups -OCH3 is 1. The molecule has 0 amide bonds. The molecule has 8 nitrogen and oxygen atoms in total. The van der Waals surface area contributed by atoms with Crippen LogP contribution in [0, 0.1) is 22.7 Å². The number of carbonyl (C=O) groups excluding carboxylic acids is 2. The lowest BCUT2D eigenvalue weighted by atomic mass is 9.92. The maximum absolute atomic E-state index is 12.5. The van der Waals surface area contributed by atoms with Crippen LogP contribution in [0.1, 0.15) is 52.7 Å². The van der Waals surface area contributed by atoms with Crippen LogP contribution in [0.4, 0.5) is 0 Å². The smallest absolute Gasteiger partial charge is 0.311 e. The number of rotatable bonds is 15. The number of aliphatic hydroxyl groups is 1. The highest BCUT2D eigenvalue weighted by Crippen LogP contribution is 2.23. The molecule has 8 heteroatoms. The standard InChI is InChI=1S/C32H46O8/c1-31(2,3)29(34)39-21-25(19-37-17-23-11-9-8-10-12-23)28(33)26(22-40-30(35)32(4,5)6)20-38-18-24-13-15-27(36-7)16-14-24/h8-16,25-26,28,33H,17-22H2,1-7H3/t25-,26-,28-/m0/s1. The van der Waals surface area contributed by atoms with Gasteiger partial charge in [0.15, 0.2) is 0 Å². The number of benzene rings is 2. The Bertz CT molecular complexity index is 1020. The lowest BCUT2D eigenvalue weighted by molar-refractivity contribution is -0.161. The Hall–Kier alpha value is -2.94. The Balaban J connectivity index is 2.14. The summed E-state index contributed by atoms with van der Waals surface area (Å²) in [5, 5.41) is 11.5. The predicted octanol–water partition coefficient (Wildman–Crippen LogP) is 5.20. The van der Waals surface area contributed by atoms with Gasteiger partial charge < -0.3 is 28.8 Å². The summed E-state index contributed by atoms with van der Waals surface area (Å²) < 4.78 is 28.3. The first kappa shape index (κ1) is 33.3. The summed E-state index contributed by atoms with van der Waals surface area (Å²) in [7, 11) is 1.61. The quantitative estimate of drug-likeness (QED) is 0.298. The van der Waals surface area contributed by atoms with Gasteiger partial charge in [-0.3, -0.25) is 9.59 Å². The van der Waals surface area contributed by atoms with Gasteiger partial charge in [-0.1, -0.05) is 42.5 Å². The Morgan fingerprint density at radius 2 is 1.10 bits per heavy atom. The highest BCUT2D eigenvalue weighted by Gasteiger charge is 2.33. The molecule has 0 radical (unpaired) electrons. The summed E-state index contributed by atoms with van der Waals surface area (Å²) in [5.74, 6) is -1.16. The maximum atomic E-state index is 12.5. The highest BCUT2D eigenvalue weighted by atomic mass is 16.5. The van der Waals surface area contributed by atoms with Crippen molar-refractivity contribution in [1.82, 2.24) is 0 Å². The molecular formula is C32H46O8. The van der Waals surface area contributed by atoms with E-state index in [0.29, 0.717) is 13.2 Å². The van der Waals surface area contributed by atoms with Crippen LogP contribution in [0.5, 0.6) is 5.75 Å². The molecule has 2 aromatic carbocycles. The Morgan fingerprint density at radius 1 is 0.675 bits per heavy atom. The summed E-state index contributed by atoms with van der Waals surface area (Å²) in [6.07, 6.45) is -1.04. The van der Waals surface area contributed by atoms with Gasteiger partial charge in [-0.25, -0.2) is 0 Å². The molecule has 0 spiro atoms. The minimum Gasteiger partial charge on any atom is -0.497 e. The van der Waals surface area contributed by atoms with E-state index >= 15 is 0 Å². The summed E-state index contributed by atoms with van der Waals surface area (Å²) in [4.78, 5) is 25.0. The first-order valence-electron chi connectivity index (χ1n) is 13.7. The molecule has 0 saturated heterocycles. The molecular weight excluding hydrogens is 512 g/mol. The largest absolute Gasteiger partial charge is 0.497 e. The third-order valence-corrected chi connectivity index (χ3v) is 6.25. The van der Waals surface area contributed by atoms with Crippen LogP contribution in [0.2, 0.25) is 0 Å². The van der Waals surface area contributed by atoms with Crippen molar-refractivity contribution in [3.8, 4) is 5.75 Å². The van der Waals surface area contributed by atoms with E-state index in [2.05, 4.69) is 0 Å². The molecule has 40 heavy (non-hydrogen) atoms. The van der Waals surface area contributed by atoms with Crippen LogP contribution in [0.25, 0.3) is 0 Å². The van der Waals surface area contributed by atoms with Gasteiger partial charge in [-0.15, -0.1) is 0 Å². The molecule has 0 heterocycles. The van der Waals surface area contributed by atoms with Gasteiger partial charge >= 0.3 is 11.9 Å². The molecule has 0 saturated carbocycles. The maximum Gasteiger partial charge on any atom is 0.311 e. The lowest BCUT2D eigenvalue weighted by Gasteiger charge is -2.31. The topological polar surface area (TPSA) is 101 Å². The van der Waals surface area contributed by atoms with Crippen LogP contribution >= 0.6 is 0 Å². The number of esters is 2. The van der Waals surface area contributed by atoms with E-state index in [1.165, 1.54) is 0 Å². The van der Waals surface area contributed by atoms with Crippen LogP contribution in [-0.4, -0.2) is 56.7 Å². The molecule has 0 aliphatic rings. The fourth-order valence-electron chi connectivity index (χ4n) is 3.63. The zero-order valence-electron chi connectivity index (χ0n) is 25.0. The van der Waals surface area contributed by atoms with Crippen LogP contribution in [0.3, 0.4) is 0 Å². The van der Waals surface area contributed by atoms with E-state index in [1.54, 1.807) is 48.7 Å². The zero-order chi connectivity index (χ0) is 29.8. The number of carbonyl (C=O) groups is 2. The van der Waals surface area contributed by atoms with Gasteiger partial charge in [0, 0.05) is 11.8 Å². The van der Waals surface area contributed by atoms with Gasteiger partial charge in [0.25, 0.3) is 0 Å². The molecule has 1 N–H and O–H groups in total. The molecule has 0 aromatic heterocycles. The van der Waals surface area contributed by atoms with Crippen molar-refractivity contribution in [2.75, 3.05) is 33.5 Å². The number of hydrogen-bond acceptors (Lipinski definition) is 8. The molecule has 2 aromatic rings. The van der Waals surface area contributed by atoms with E-state index in [1.807, 2.05) is 54.6 Å². The molecule has 222 valence electrons. The monoisotopic (exact) mass is 558 g/mol. The molecule has 0 aliphatic carbocycles. The molecule has 0 fully saturated rings. The average Bonchev–Trinajstić information content (AvgIpc) is 2.91. The first-order chi connectivity index (χ1) is 18.8. The Kier molecular flexibility index (Phi) is 13.1. The van der Waals surface area contributed by atoms with Crippen molar-refractivity contribution in [2.45, 2.75) is 60.9 Å². The van der Waals surface area contributed by atoms with E-state index in [0.717, 1.165) is 16.9 Å². The number of hydrogen-bond donors (Lipinski definition) is 1. The van der Waals surface area contributed by atoms with Crippen molar-refractivity contribution < 1.29 is 38.4 Å². The summed E-state index contributed by atoms with van der Waals surface area (Å²) in [6.45, 7) is 11.4. The van der Waals surface area contributed by atoms with Crippen molar-refractivity contribution >= 4 is 11.9 Å². The molecule has 0 unspecified atom stereocenters. The van der Waals surface area contributed by atoms with Gasteiger partial charge in [-0.05, 0) is 64.8 Å². The summed E-state index contributed by atoms with van der Waals surface area (Å²) in [6, 6.07) is 17.2. The highest BCUT2D eigenvalue weighted by molar-refractivity contribution is 5.75. The van der Waals surface area contributed by atoms with Crippen molar-refractivity contribution in [3.05, 3.63) is 65.7 Å². The SMILES string of the molecule is COc1ccc(COC[C@@H](COC(=O)C(C)(C)C)[C@@H](O)[C@@H](COCc2ccccc2)COC(=O)C(C)(C)C)cc1. The fraction of sp³-hybridized carbons (Fsp3) is 0.562. The number of aliphatic hydroxyl groups excluding tert-OH is 1. The first-order valence-corrected chi connectivity index (χ1v) is 13.7. The van der Waals surface area contributed by atoms with E-state index in [-0.39, 0.29) is 38.4 Å². The van der Waals surface area contributed by atoms with E-state index in [9.17, 15) is 14.7 Å². The summed E-state index contributed by atoms with van der Waals surface area (Å²) in [5.41, 5.74) is 0.534. The minimum absolute atomic E-state index is 0.0474. The third-order valence-electron chi connectivity index (χ3n) is 6.25. The van der Waals surface area contributed by atoms with E-state index < -0.39 is 28.8 Å². The van der Waals surface area contributed by atoms with Crippen LogP contribution < -0.4 is 4.74 Å². The summed E-state index contributed by atoms with van der Waals surface area (Å²) >= 11 is 0. The average molecular weight is 559 g/mol. The fourth-order valence-corrected chi connectivity index (χ4v) is 3.63. The minimum atomic E-state index is -1.04. The van der Waals surface area contributed by atoms with Crippen LogP contribution in [-0.2, 0) is 41.8 Å². The normalized spacial score (nSPS) is 14.2. The third kappa shape index (κ3) is 11.7. The second-order valence-corrected chi connectivity index (χ2v) is 12.1. The van der Waals surface area contributed by atoms with Gasteiger partial charge in [0.05, 0.1) is 63.7 Å². The second kappa shape index (κ2) is 15.7. The van der Waals surface area contributed by atoms with Crippen molar-refractivity contribution in [3.63, 3.8) is 0 Å². The molecule has 0 bridgehead atoms. The second-order valence-electron chi connectivity index (χ2n) is 12.1.